The van der Waals surface area contributed by atoms with Crippen LogP contribution in [0.1, 0.15) is 30.0 Å². The zero-order valence-electron chi connectivity index (χ0n) is 17.8. The summed E-state index contributed by atoms with van der Waals surface area (Å²) in [7, 11) is 0. The summed E-state index contributed by atoms with van der Waals surface area (Å²) in [5.74, 6) is -3.51. The summed E-state index contributed by atoms with van der Waals surface area (Å²) >= 11 is 5.50. The Kier molecular flexibility index (Phi) is 6.71. The molecule has 0 heterocycles. The highest BCUT2D eigenvalue weighted by Crippen LogP contribution is 2.32. The maximum Gasteiger partial charge on any atom is 0.145 e. The molecule has 0 nitrogen and oxygen atoms in total. The van der Waals surface area contributed by atoms with Gasteiger partial charge < -0.3 is 0 Å². The zero-order valence-corrected chi connectivity index (χ0v) is 18.5. The first kappa shape index (κ1) is 23.2. The lowest BCUT2D eigenvalue weighted by atomic mass is 9.96. The van der Waals surface area contributed by atoms with E-state index in [1.165, 1.54) is 24.3 Å². The molecule has 0 saturated carbocycles. The van der Waals surface area contributed by atoms with Crippen molar-refractivity contribution in [1.29, 1.82) is 0 Å². The van der Waals surface area contributed by atoms with Crippen LogP contribution in [-0.2, 0) is 19.3 Å². The maximum absolute atomic E-state index is 15.1. The normalized spacial score (nSPS) is 11.4. The third-order valence-electron chi connectivity index (χ3n) is 5.69. The molecule has 0 N–H and O–H groups in total. The highest BCUT2D eigenvalue weighted by atomic mass is 35.5. The fraction of sp³-hybridized carbons (Fsp3) is 0.185. The van der Waals surface area contributed by atoms with Gasteiger partial charge >= 0.3 is 0 Å². The van der Waals surface area contributed by atoms with E-state index in [0.717, 1.165) is 18.6 Å². The Morgan fingerprint density at radius 3 is 1.91 bits per heavy atom. The van der Waals surface area contributed by atoms with Gasteiger partial charge in [0.05, 0.1) is 5.56 Å². The summed E-state index contributed by atoms with van der Waals surface area (Å²) in [6.07, 6.45) is 1.78. The third-order valence-corrected chi connectivity index (χ3v) is 6.05. The van der Waals surface area contributed by atoms with E-state index >= 15 is 4.39 Å². The van der Waals surface area contributed by atoms with Crippen LogP contribution in [0.25, 0.3) is 21.9 Å². The van der Waals surface area contributed by atoms with Crippen molar-refractivity contribution in [1.82, 2.24) is 0 Å². The Bertz CT molecular complexity index is 1300. The van der Waals surface area contributed by atoms with Gasteiger partial charge in [-0.05, 0) is 77.2 Å². The van der Waals surface area contributed by atoms with Gasteiger partial charge in [0.25, 0.3) is 0 Å². The number of benzene rings is 4. The predicted octanol–water partition coefficient (Wildman–Crippen LogP) is 8.59. The van der Waals surface area contributed by atoms with E-state index in [9.17, 15) is 17.6 Å². The molecule has 0 aliphatic carbocycles. The highest BCUT2D eigenvalue weighted by molar-refractivity contribution is 6.30. The molecule has 0 unspecified atom stereocenters. The number of hydrogen-bond donors (Lipinski definition) is 0. The Morgan fingerprint density at radius 2 is 1.27 bits per heavy atom. The highest BCUT2D eigenvalue weighted by Gasteiger charge is 2.16. The Balaban J connectivity index is 1.63. The van der Waals surface area contributed by atoms with E-state index in [1.807, 2.05) is 6.92 Å². The largest absolute Gasteiger partial charge is 0.206 e. The van der Waals surface area contributed by atoms with Crippen molar-refractivity contribution in [2.45, 2.75) is 32.6 Å². The van der Waals surface area contributed by atoms with Crippen molar-refractivity contribution < 1.29 is 22.0 Å². The fourth-order valence-electron chi connectivity index (χ4n) is 4.05. The van der Waals surface area contributed by atoms with Crippen molar-refractivity contribution >= 4 is 22.4 Å². The van der Waals surface area contributed by atoms with E-state index in [0.29, 0.717) is 39.4 Å². The molecule has 33 heavy (non-hydrogen) atoms. The van der Waals surface area contributed by atoms with Gasteiger partial charge in [-0.25, -0.2) is 22.0 Å². The molecule has 170 valence electrons. The molecule has 0 saturated heterocycles. The van der Waals surface area contributed by atoms with Gasteiger partial charge in [-0.1, -0.05) is 49.2 Å². The fourth-order valence-corrected chi connectivity index (χ4v) is 4.16. The second-order valence-electron chi connectivity index (χ2n) is 8.03. The second-order valence-corrected chi connectivity index (χ2v) is 8.41. The average Bonchev–Trinajstić information content (AvgIpc) is 2.76. The molecular formula is C27H20ClF5. The Morgan fingerprint density at radius 1 is 0.667 bits per heavy atom. The number of hydrogen-bond acceptors (Lipinski definition) is 0. The van der Waals surface area contributed by atoms with E-state index < -0.39 is 34.1 Å². The molecule has 0 aromatic heterocycles. The second kappa shape index (κ2) is 9.52. The van der Waals surface area contributed by atoms with Crippen LogP contribution in [0.5, 0.6) is 0 Å². The minimum atomic E-state index is -0.861. The molecule has 6 heteroatoms. The van der Waals surface area contributed by atoms with Gasteiger partial charge in [0.2, 0.25) is 0 Å². The van der Waals surface area contributed by atoms with Crippen molar-refractivity contribution in [3.8, 4) is 11.1 Å². The minimum absolute atomic E-state index is 0.145. The molecule has 4 rings (SSSR count). The first-order valence-electron chi connectivity index (χ1n) is 10.6. The first-order valence-corrected chi connectivity index (χ1v) is 11.0. The van der Waals surface area contributed by atoms with Crippen molar-refractivity contribution in [3.05, 3.63) is 105 Å². The summed E-state index contributed by atoms with van der Waals surface area (Å²) in [5.41, 5.74) is 1.50. The van der Waals surface area contributed by atoms with Crippen LogP contribution in [-0.4, -0.2) is 0 Å². The van der Waals surface area contributed by atoms with Gasteiger partial charge in [0.15, 0.2) is 0 Å². The lowest BCUT2D eigenvalue weighted by Gasteiger charge is -2.11. The van der Waals surface area contributed by atoms with Crippen LogP contribution < -0.4 is 0 Å². The maximum atomic E-state index is 15.1. The monoisotopic (exact) mass is 474 g/mol. The molecule has 0 amide bonds. The van der Waals surface area contributed by atoms with Crippen LogP contribution in [0.2, 0.25) is 5.02 Å². The molecule has 4 aromatic carbocycles. The van der Waals surface area contributed by atoms with E-state index in [-0.39, 0.29) is 18.4 Å². The molecule has 0 atom stereocenters. The zero-order chi connectivity index (χ0) is 23.7. The first-order chi connectivity index (χ1) is 15.8. The van der Waals surface area contributed by atoms with Gasteiger partial charge in [-0.15, -0.1) is 0 Å². The quantitative estimate of drug-likeness (QED) is 0.194. The smallest absolute Gasteiger partial charge is 0.145 e. The Hall–Kier alpha value is -2.92. The molecule has 0 radical (unpaired) electrons. The summed E-state index contributed by atoms with van der Waals surface area (Å²) < 4.78 is 71.7. The average molecular weight is 475 g/mol. The third kappa shape index (κ3) is 4.74. The standard InChI is InChI=1S/C27H20ClF5/c1-2-3-15-10-21(29)25(22(30)11-15)19-8-9-20-18(14-19)7-6-17(27(20)33)5-4-16-12-23(31)26(28)24(32)13-16/h6-14H,2-5H2,1H3. The van der Waals surface area contributed by atoms with Crippen molar-refractivity contribution in [3.63, 3.8) is 0 Å². The molecule has 0 aliphatic heterocycles. The summed E-state index contributed by atoms with van der Waals surface area (Å²) in [6, 6.07) is 12.7. The summed E-state index contributed by atoms with van der Waals surface area (Å²) in [5, 5.41) is 0.223. The van der Waals surface area contributed by atoms with Gasteiger partial charge in [0, 0.05) is 5.39 Å². The van der Waals surface area contributed by atoms with E-state index in [1.54, 1.807) is 18.2 Å². The van der Waals surface area contributed by atoms with Crippen LogP contribution in [0.4, 0.5) is 22.0 Å². The summed E-state index contributed by atoms with van der Waals surface area (Å²) in [6.45, 7) is 1.93. The predicted molar refractivity (Wildman–Crippen MR) is 122 cm³/mol. The molecule has 0 fully saturated rings. The lowest BCUT2D eigenvalue weighted by molar-refractivity contribution is 0.579. The molecule has 0 bridgehead atoms. The minimum Gasteiger partial charge on any atom is -0.206 e. The van der Waals surface area contributed by atoms with E-state index in [2.05, 4.69) is 0 Å². The number of halogens is 6. The van der Waals surface area contributed by atoms with Crippen LogP contribution in [0, 0.1) is 29.1 Å². The SMILES string of the molecule is CCCc1cc(F)c(-c2ccc3c(F)c(CCc4cc(F)c(Cl)c(F)c4)ccc3c2)c(F)c1. The van der Waals surface area contributed by atoms with E-state index in [4.69, 9.17) is 11.6 Å². The van der Waals surface area contributed by atoms with Crippen LogP contribution >= 0.6 is 11.6 Å². The molecular weight excluding hydrogens is 455 g/mol. The van der Waals surface area contributed by atoms with Crippen LogP contribution in [0.15, 0.2) is 54.6 Å². The van der Waals surface area contributed by atoms with Crippen molar-refractivity contribution in [2.24, 2.45) is 0 Å². The van der Waals surface area contributed by atoms with Crippen LogP contribution in [0.3, 0.4) is 0 Å². The number of rotatable bonds is 6. The Labute approximate surface area is 193 Å². The molecule has 0 spiro atoms. The topological polar surface area (TPSA) is 0 Å². The van der Waals surface area contributed by atoms with Gasteiger partial charge in [-0.2, -0.15) is 0 Å². The number of aryl methyl sites for hydroxylation is 3. The molecule has 4 aromatic rings. The van der Waals surface area contributed by atoms with Gasteiger partial charge in [-0.3, -0.25) is 0 Å². The molecule has 0 aliphatic rings. The summed E-state index contributed by atoms with van der Waals surface area (Å²) in [4.78, 5) is 0. The van der Waals surface area contributed by atoms with Gasteiger partial charge in [0.1, 0.15) is 34.1 Å². The van der Waals surface area contributed by atoms with Crippen molar-refractivity contribution in [2.75, 3.05) is 0 Å². The number of fused-ring (bicyclic) bond motifs is 1. The lowest BCUT2D eigenvalue weighted by Crippen LogP contribution is -1.98.